The Kier molecular flexibility index (Phi) is 19.7. The Labute approximate surface area is 442 Å². The Morgan fingerprint density at radius 2 is 1.08 bits per heavy atom. The van der Waals surface area contributed by atoms with Crippen LogP contribution in [0.3, 0.4) is 0 Å². The number of aryl methyl sites for hydroxylation is 1. The zero-order valence-electron chi connectivity index (χ0n) is 46.0. The fraction of sp³-hybridized carbons (Fsp3) is 0.446. The van der Waals surface area contributed by atoms with Crippen LogP contribution in [-0.4, -0.2) is 75.2 Å². The van der Waals surface area contributed by atoms with Gasteiger partial charge in [0.25, 0.3) is 0 Å². The number of ether oxygens (including phenoxy) is 6. The summed E-state index contributed by atoms with van der Waals surface area (Å²) in [6, 6.07) is 45.5. The third-order valence-corrected chi connectivity index (χ3v) is 15.3. The van der Waals surface area contributed by atoms with Crippen molar-refractivity contribution in [2.75, 3.05) is 52.0 Å². The molecule has 6 aliphatic rings. The van der Waals surface area contributed by atoms with Crippen LogP contribution in [0.1, 0.15) is 154 Å². The highest BCUT2D eigenvalue weighted by molar-refractivity contribution is 5.56. The molecule has 0 saturated carbocycles. The van der Waals surface area contributed by atoms with E-state index in [1.165, 1.54) is 57.6 Å². The molecule has 2 N–H and O–H groups in total. The lowest BCUT2D eigenvalue weighted by Gasteiger charge is -2.36. The lowest BCUT2D eigenvalue weighted by Crippen LogP contribution is -2.34. The minimum atomic E-state index is -0.361. The zero-order chi connectivity index (χ0) is 52.9. The minimum absolute atomic E-state index is 0.0546. The van der Waals surface area contributed by atoms with E-state index in [1.807, 2.05) is 74.5 Å². The average molecular weight is 1010 g/mol. The molecule has 0 radical (unpaired) electrons. The van der Waals surface area contributed by atoms with E-state index in [9.17, 15) is 10.2 Å². The number of aliphatic hydroxyl groups is 2. The van der Waals surface area contributed by atoms with E-state index in [1.54, 1.807) is 7.11 Å². The van der Waals surface area contributed by atoms with Crippen LogP contribution < -0.4 is 23.8 Å². The molecule has 0 amide bonds. The van der Waals surface area contributed by atoms with E-state index in [0.717, 1.165) is 72.9 Å². The number of methoxy groups -OCH3 is 1. The van der Waals surface area contributed by atoms with Gasteiger partial charge in [0.2, 0.25) is 0 Å². The predicted octanol–water partition coefficient (Wildman–Crippen LogP) is 14.0. The number of para-hydroxylation sites is 3. The average Bonchev–Trinajstić information content (AvgIpc) is 3.41. The SMILES string of the molecule is CC1CCN(C)c2ccccc21.CC1COCc2ccccc21.CC1c2ccccc2OC[C@@H]1O.CC1c2ccccc2OC[C@H]1O.COc1ccc2c(c1)C(C)CC(C)(C)O2.Cc1cccc2c1COCC2C. The van der Waals surface area contributed by atoms with Crippen molar-refractivity contribution in [2.45, 2.75) is 142 Å². The molecule has 0 aromatic heterocycles. The first-order valence-electron chi connectivity index (χ1n) is 26.8. The molecule has 8 atom stereocenters. The topological polar surface area (TPSA) is 99.1 Å². The van der Waals surface area contributed by atoms with Crippen LogP contribution in [0.2, 0.25) is 0 Å². The summed E-state index contributed by atoms with van der Waals surface area (Å²) < 4.78 is 32.8. The minimum Gasteiger partial charge on any atom is -0.497 e. The van der Waals surface area contributed by atoms with Gasteiger partial charge in [-0.2, -0.15) is 0 Å². The summed E-state index contributed by atoms with van der Waals surface area (Å²) in [6.45, 7) is 24.8. The molecule has 12 rings (SSSR count). The smallest absolute Gasteiger partial charge is 0.123 e. The van der Waals surface area contributed by atoms with E-state index in [4.69, 9.17) is 28.4 Å². The summed E-state index contributed by atoms with van der Waals surface area (Å²) in [6.07, 6.45) is 1.61. The highest BCUT2D eigenvalue weighted by Crippen LogP contribution is 2.42. The number of anilines is 1. The number of aliphatic hydroxyl groups excluding tert-OH is 2. The summed E-state index contributed by atoms with van der Waals surface area (Å²) >= 11 is 0. The van der Waals surface area contributed by atoms with Gasteiger partial charge in [0, 0.05) is 48.5 Å². The van der Waals surface area contributed by atoms with E-state index >= 15 is 0 Å². The number of fused-ring (bicyclic) bond motifs is 6. The van der Waals surface area contributed by atoms with Crippen molar-refractivity contribution in [2.24, 2.45) is 0 Å². The van der Waals surface area contributed by atoms with Crippen LogP contribution >= 0.6 is 0 Å². The van der Waals surface area contributed by atoms with E-state index in [0.29, 0.717) is 31.0 Å². The van der Waals surface area contributed by atoms with Gasteiger partial charge in [-0.3, -0.25) is 0 Å². The first-order chi connectivity index (χ1) is 35.5. The molecule has 0 fully saturated rings. The second-order valence-corrected chi connectivity index (χ2v) is 21.6. The van der Waals surface area contributed by atoms with Crippen molar-refractivity contribution < 1.29 is 38.6 Å². The van der Waals surface area contributed by atoms with Crippen molar-refractivity contribution in [3.05, 3.63) is 184 Å². The second-order valence-electron chi connectivity index (χ2n) is 21.6. The normalized spacial score (nSPS) is 24.1. The number of rotatable bonds is 1. The van der Waals surface area contributed by atoms with Gasteiger partial charge < -0.3 is 43.5 Å². The van der Waals surface area contributed by atoms with Crippen LogP contribution in [-0.2, 0) is 22.7 Å². The molecule has 6 aromatic carbocycles. The Hall–Kier alpha value is -5.84. The Morgan fingerprint density at radius 3 is 1.68 bits per heavy atom. The van der Waals surface area contributed by atoms with Crippen LogP contribution in [0, 0.1) is 6.92 Å². The molecule has 74 heavy (non-hydrogen) atoms. The van der Waals surface area contributed by atoms with Gasteiger partial charge >= 0.3 is 0 Å². The van der Waals surface area contributed by atoms with Gasteiger partial charge in [-0.25, -0.2) is 0 Å². The zero-order valence-corrected chi connectivity index (χ0v) is 46.0. The summed E-state index contributed by atoms with van der Waals surface area (Å²) in [5, 5.41) is 19.0. The Balaban J connectivity index is 0.000000130. The standard InChI is InChI=1S/C13H18O2.C11H15N.C11H14O.2C10H12O2.C10H12O/c1-9-8-13(2,3)15-12-6-5-10(14-4)7-11(9)12;1-9-7-8-12(2)11-6-4-3-5-10(9)11;1-8-4-3-5-10-9(2)6-12-7-11(8)10;2*1-7-8-4-2-3-5-10(8)12-6-9(7)11;1-8-6-11-7-9-4-2-3-5-10(8)9/h5-7,9H,8H2,1-4H3;3-6,9H,7-8H2,1-2H3;3-5,9H,6-7H2,1-2H3;2*2-5,7,9,11H,6H2,1H3;2-5,8H,6-7H2,1H3/t;;;2*7?,9-;/m...10./s1. The lowest BCUT2D eigenvalue weighted by atomic mass is 9.86. The lowest BCUT2D eigenvalue weighted by molar-refractivity contribution is 0.0713. The van der Waals surface area contributed by atoms with Crippen molar-refractivity contribution in [1.82, 2.24) is 0 Å². The molecule has 6 heterocycles. The molecule has 0 saturated heterocycles. The van der Waals surface area contributed by atoms with Gasteiger partial charge in [-0.05, 0) is 126 Å². The van der Waals surface area contributed by atoms with E-state index in [-0.39, 0.29) is 29.6 Å². The number of hydrogen-bond acceptors (Lipinski definition) is 9. The van der Waals surface area contributed by atoms with Crippen LogP contribution in [0.4, 0.5) is 5.69 Å². The molecule has 9 nitrogen and oxygen atoms in total. The number of hydrogen-bond donors (Lipinski definition) is 2. The maximum atomic E-state index is 9.50. The molecule has 6 aliphatic heterocycles. The Bertz CT molecular complexity index is 2630. The second kappa shape index (κ2) is 26.1. The number of benzene rings is 6. The highest BCUT2D eigenvalue weighted by atomic mass is 16.5. The predicted molar refractivity (Wildman–Crippen MR) is 300 cm³/mol. The summed E-state index contributed by atoms with van der Waals surface area (Å²) in [4.78, 5) is 2.34. The maximum absolute atomic E-state index is 9.50. The van der Waals surface area contributed by atoms with Crippen molar-refractivity contribution in [3.8, 4) is 23.0 Å². The third-order valence-electron chi connectivity index (χ3n) is 15.3. The maximum Gasteiger partial charge on any atom is 0.123 e. The molecular weight excluding hydrogens is 923 g/mol. The number of nitrogens with zero attached hydrogens (tertiary/aromatic N) is 1. The fourth-order valence-electron chi connectivity index (χ4n) is 10.7. The summed E-state index contributed by atoms with van der Waals surface area (Å²) in [5.74, 6) is 6.50. The van der Waals surface area contributed by atoms with Crippen LogP contribution in [0.5, 0.6) is 23.0 Å². The van der Waals surface area contributed by atoms with Crippen molar-refractivity contribution >= 4 is 5.69 Å². The summed E-state index contributed by atoms with van der Waals surface area (Å²) in [5.41, 5.74) is 13.4. The monoisotopic (exact) mass is 1010 g/mol. The molecule has 0 spiro atoms. The van der Waals surface area contributed by atoms with Gasteiger partial charge in [0.15, 0.2) is 0 Å². The first kappa shape index (κ1) is 55.9. The van der Waals surface area contributed by atoms with Crippen LogP contribution in [0.25, 0.3) is 0 Å². The van der Waals surface area contributed by atoms with Gasteiger partial charge in [-0.1, -0.05) is 139 Å². The summed E-state index contributed by atoms with van der Waals surface area (Å²) in [7, 11) is 3.87. The molecule has 0 aliphatic carbocycles. The van der Waals surface area contributed by atoms with Crippen LogP contribution in [0.15, 0.2) is 133 Å². The molecule has 0 bridgehead atoms. The Morgan fingerprint density at radius 1 is 0.541 bits per heavy atom. The fourth-order valence-corrected chi connectivity index (χ4v) is 10.7. The highest BCUT2D eigenvalue weighted by Gasteiger charge is 2.32. The van der Waals surface area contributed by atoms with Gasteiger partial charge in [0.1, 0.15) is 41.8 Å². The largest absolute Gasteiger partial charge is 0.497 e. The molecule has 396 valence electrons. The van der Waals surface area contributed by atoms with Crippen molar-refractivity contribution in [3.63, 3.8) is 0 Å². The molecular formula is C65H83NO8. The van der Waals surface area contributed by atoms with E-state index < -0.39 is 0 Å². The van der Waals surface area contributed by atoms with E-state index in [2.05, 4.69) is 133 Å². The van der Waals surface area contributed by atoms with Crippen molar-refractivity contribution in [1.29, 1.82) is 0 Å². The van der Waals surface area contributed by atoms with Gasteiger partial charge in [0.05, 0.1) is 45.7 Å². The molecule has 9 heteroatoms. The molecule has 6 unspecified atom stereocenters. The first-order valence-corrected chi connectivity index (χ1v) is 26.8. The molecule has 6 aromatic rings. The van der Waals surface area contributed by atoms with Gasteiger partial charge in [-0.15, -0.1) is 0 Å². The quantitative estimate of drug-likeness (QED) is 0.167. The third kappa shape index (κ3) is 14.3.